The van der Waals surface area contributed by atoms with E-state index in [9.17, 15) is 14.4 Å². The molecule has 1 N–H and O–H groups in total. The Hall–Kier alpha value is -2.40. The molecule has 8 heteroatoms. The first kappa shape index (κ1) is 19.4. The second-order valence-electron chi connectivity index (χ2n) is 7.19. The molecule has 3 rings (SSSR count). The lowest BCUT2D eigenvalue weighted by Crippen LogP contribution is -2.49. The first-order valence-electron chi connectivity index (χ1n) is 8.90. The molecule has 1 aromatic carbocycles. The largest absolute Gasteiger partial charge is 0.337 e. The van der Waals surface area contributed by atoms with Crippen molar-refractivity contribution in [1.82, 2.24) is 20.1 Å². The van der Waals surface area contributed by atoms with Crippen LogP contribution in [0, 0.1) is 23.1 Å². The normalized spacial score (nSPS) is 16.0. The van der Waals surface area contributed by atoms with Gasteiger partial charge in [0.2, 0.25) is 5.91 Å². The third-order valence-electron chi connectivity index (χ3n) is 4.81. The lowest BCUT2D eigenvalue weighted by Gasteiger charge is -2.27. The van der Waals surface area contributed by atoms with E-state index in [-0.39, 0.29) is 29.4 Å². The van der Waals surface area contributed by atoms with Gasteiger partial charge in [-0.3, -0.25) is 9.36 Å². The fourth-order valence-corrected chi connectivity index (χ4v) is 3.43. The molecule has 1 fully saturated rings. The van der Waals surface area contributed by atoms with E-state index in [2.05, 4.69) is 21.6 Å². The molecule has 1 aliphatic rings. The number of nitrogens with one attached hydrogen (secondary N) is 1. The summed E-state index contributed by atoms with van der Waals surface area (Å²) < 4.78 is 16.1. The Kier molecular flexibility index (Phi) is 5.51. The van der Waals surface area contributed by atoms with Crippen molar-refractivity contribution in [1.29, 1.82) is 5.26 Å². The highest BCUT2D eigenvalue weighted by atomic mass is 32.2. The molecule has 1 aliphatic carbocycles. The molecule has 1 heterocycles. The van der Waals surface area contributed by atoms with Crippen molar-refractivity contribution >= 4 is 17.7 Å². The van der Waals surface area contributed by atoms with Gasteiger partial charge in [0.05, 0.1) is 17.4 Å². The van der Waals surface area contributed by atoms with Crippen LogP contribution in [0.2, 0.25) is 0 Å². The Morgan fingerprint density at radius 2 is 2.15 bits per heavy atom. The maximum absolute atomic E-state index is 14.2. The first-order chi connectivity index (χ1) is 12.9. The van der Waals surface area contributed by atoms with Crippen LogP contribution in [-0.2, 0) is 4.79 Å². The van der Waals surface area contributed by atoms with Crippen LogP contribution in [-0.4, -0.2) is 32.0 Å². The number of thioether (sulfide) groups is 1. The summed E-state index contributed by atoms with van der Waals surface area (Å²) in [5, 5.41) is 21.1. The number of carbonyl (C=O) groups is 1. The van der Waals surface area contributed by atoms with Gasteiger partial charge in [-0.1, -0.05) is 37.7 Å². The number of rotatable bonds is 7. The van der Waals surface area contributed by atoms with E-state index in [0.29, 0.717) is 16.5 Å². The Labute approximate surface area is 162 Å². The minimum atomic E-state index is -0.917. The van der Waals surface area contributed by atoms with Gasteiger partial charge in [-0.15, -0.1) is 10.2 Å². The summed E-state index contributed by atoms with van der Waals surface area (Å²) in [6.45, 7) is 5.49. The number of hydrogen-bond acceptors (Lipinski definition) is 5. The Morgan fingerprint density at radius 3 is 2.74 bits per heavy atom. The zero-order valence-corrected chi connectivity index (χ0v) is 16.4. The molecule has 1 aromatic heterocycles. The van der Waals surface area contributed by atoms with Gasteiger partial charge in [0.1, 0.15) is 11.4 Å². The van der Waals surface area contributed by atoms with E-state index in [1.54, 1.807) is 25.1 Å². The number of benzene rings is 1. The summed E-state index contributed by atoms with van der Waals surface area (Å²) in [7, 11) is 0. The van der Waals surface area contributed by atoms with Crippen LogP contribution in [0.4, 0.5) is 4.39 Å². The minimum absolute atomic E-state index is 0.0146. The summed E-state index contributed by atoms with van der Waals surface area (Å²) in [5.41, 5.74) is -0.509. The maximum Gasteiger partial charge on any atom is 0.231 e. The summed E-state index contributed by atoms with van der Waals surface area (Å²) >= 11 is 1.25. The second-order valence-corrected chi connectivity index (χ2v) is 8.14. The summed E-state index contributed by atoms with van der Waals surface area (Å²) in [6, 6.07) is 8.88. The van der Waals surface area contributed by atoms with E-state index in [0.717, 1.165) is 12.8 Å². The molecule has 0 saturated heterocycles. The predicted molar refractivity (Wildman–Crippen MR) is 101 cm³/mol. The predicted octanol–water partition coefficient (Wildman–Crippen LogP) is 3.57. The average molecular weight is 387 g/mol. The highest BCUT2D eigenvalue weighted by molar-refractivity contribution is 7.99. The van der Waals surface area contributed by atoms with E-state index >= 15 is 0 Å². The van der Waals surface area contributed by atoms with Gasteiger partial charge in [0.25, 0.3) is 0 Å². The monoisotopic (exact) mass is 387 g/mol. The van der Waals surface area contributed by atoms with E-state index < -0.39 is 5.54 Å². The molecule has 0 bridgehead atoms. The average Bonchev–Trinajstić information content (AvgIpc) is 3.39. The van der Waals surface area contributed by atoms with Crippen molar-refractivity contribution in [2.75, 3.05) is 5.75 Å². The summed E-state index contributed by atoms with van der Waals surface area (Å²) in [5.74, 6) is 0.00619. The third kappa shape index (κ3) is 4.14. The van der Waals surface area contributed by atoms with Crippen LogP contribution >= 0.6 is 11.8 Å². The van der Waals surface area contributed by atoms with Crippen LogP contribution in [0.15, 0.2) is 29.4 Å². The Bertz CT molecular complexity index is 886. The first-order valence-corrected chi connectivity index (χ1v) is 9.89. The number of nitriles is 1. The maximum atomic E-state index is 14.2. The number of halogens is 1. The van der Waals surface area contributed by atoms with Crippen LogP contribution < -0.4 is 5.32 Å². The van der Waals surface area contributed by atoms with Gasteiger partial charge >= 0.3 is 0 Å². The highest BCUT2D eigenvalue weighted by Crippen LogP contribution is 2.41. The van der Waals surface area contributed by atoms with Gasteiger partial charge in [-0.2, -0.15) is 5.26 Å². The van der Waals surface area contributed by atoms with Crippen molar-refractivity contribution < 1.29 is 9.18 Å². The molecular formula is C19H22FN5OS. The van der Waals surface area contributed by atoms with Crippen LogP contribution in [0.1, 0.15) is 39.7 Å². The topological polar surface area (TPSA) is 83.6 Å². The van der Waals surface area contributed by atoms with E-state index in [1.165, 1.54) is 17.8 Å². The van der Waals surface area contributed by atoms with Gasteiger partial charge in [-0.05, 0) is 37.8 Å². The number of hydrogen-bond donors (Lipinski definition) is 1. The van der Waals surface area contributed by atoms with Crippen LogP contribution in [0.25, 0.3) is 11.4 Å². The molecular weight excluding hydrogens is 365 g/mol. The van der Waals surface area contributed by atoms with Crippen molar-refractivity contribution in [2.45, 2.75) is 50.4 Å². The van der Waals surface area contributed by atoms with Gasteiger partial charge in [0.15, 0.2) is 11.0 Å². The number of nitrogens with zero attached hydrogens (tertiary/aromatic N) is 4. The fourth-order valence-electron chi connectivity index (χ4n) is 2.62. The van der Waals surface area contributed by atoms with Gasteiger partial charge in [-0.25, -0.2) is 4.39 Å². The molecule has 0 radical (unpaired) electrons. The summed E-state index contributed by atoms with van der Waals surface area (Å²) in [6.07, 6.45) is 1.97. The lowest BCUT2D eigenvalue weighted by molar-refractivity contribution is -0.120. The Morgan fingerprint density at radius 1 is 1.44 bits per heavy atom. The van der Waals surface area contributed by atoms with Crippen molar-refractivity contribution in [2.24, 2.45) is 5.92 Å². The molecule has 142 valence electrons. The van der Waals surface area contributed by atoms with Crippen molar-refractivity contribution in [3.63, 3.8) is 0 Å². The van der Waals surface area contributed by atoms with Gasteiger partial charge < -0.3 is 5.32 Å². The molecule has 1 amide bonds. The Balaban J connectivity index is 1.76. The molecule has 1 atom stereocenters. The molecule has 1 saturated carbocycles. The zero-order valence-electron chi connectivity index (χ0n) is 15.6. The third-order valence-corrected chi connectivity index (χ3v) is 5.75. The molecule has 27 heavy (non-hydrogen) atoms. The number of amides is 1. The standard InChI is InChI=1S/C19H22FN5OS/c1-12(2)19(3,11-21)22-16(26)10-27-18-24-23-17(25(18)13-8-9-13)14-6-4-5-7-15(14)20/h4-7,12-13H,8-10H2,1-3H3,(H,22,26)/t19-/m0/s1. The minimum Gasteiger partial charge on any atom is -0.337 e. The number of carbonyl (C=O) groups excluding carboxylic acids is 1. The van der Waals surface area contributed by atoms with Crippen molar-refractivity contribution in [3.8, 4) is 17.5 Å². The zero-order chi connectivity index (χ0) is 19.6. The van der Waals surface area contributed by atoms with Crippen LogP contribution in [0.3, 0.4) is 0 Å². The second kappa shape index (κ2) is 7.69. The highest BCUT2D eigenvalue weighted by Gasteiger charge is 2.32. The SMILES string of the molecule is CC(C)[C@](C)(C#N)NC(=O)CSc1nnc(-c2ccccc2F)n1C1CC1. The fraction of sp³-hybridized carbons (Fsp3) is 0.474. The number of aromatic nitrogens is 3. The molecule has 0 unspecified atom stereocenters. The summed E-state index contributed by atoms with van der Waals surface area (Å²) in [4.78, 5) is 12.3. The molecule has 6 nitrogen and oxygen atoms in total. The van der Waals surface area contributed by atoms with Crippen LogP contribution in [0.5, 0.6) is 0 Å². The lowest BCUT2D eigenvalue weighted by atomic mass is 9.90. The van der Waals surface area contributed by atoms with E-state index in [1.807, 2.05) is 18.4 Å². The molecule has 0 aliphatic heterocycles. The van der Waals surface area contributed by atoms with E-state index in [4.69, 9.17) is 0 Å². The quantitative estimate of drug-likeness (QED) is 0.735. The molecule has 0 spiro atoms. The smallest absolute Gasteiger partial charge is 0.231 e. The van der Waals surface area contributed by atoms with Crippen molar-refractivity contribution in [3.05, 3.63) is 30.1 Å². The molecule has 2 aromatic rings. The van der Waals surface area contributed by atoms with Gasteiger partial charge in [0, 0.05) is 6.04 Å².